The van der Waals surface area contributed by atoms with Gasteiger partial charge in [-0.3, -0.25) is 9.88 Å². The second kappa shape index (κ2) is 7.15. The molecule has 1 aliphatic heterocycles. The van der Waals surface area contributed by atoms with Crippen LogP contribution in [0.3, 0.4) is 0 Å². The van der Waals surface area contributed by atoms with E-state index < -0.39 is 0 Å². The van der Waals surface area contributed by atoms with Crippen molar-refractivity contribution < 1.29 is 4.52 Å². The molecular weight excluding hydrogens is 312 g/mol. The van der Waals surface area contributed by atoms with Crippen LogP contribution < -0.4 is 0 Å². The maximum absolute atomic E-state index is 5.54. The molecule has 128 valence electrons. The number of hydrogen-bond acceptors (Lipinski definition) is 5. The Bertz CT molecular complexity index is 803. The zero-order chi connectivity index (χ0) is 17.1. The van der Waals surface area contributed by atoms with Gasteiger partial charge in [-0.2, -0.15) is 4.98 Å². The maximum Gasteiger partial charge on any atom is 0.244 e. The quantitative estimate of drug-likeness (QED) is 0.711. The zero-order valence-electron chi connectivity index (χ0n) is 14.4. The van der Waals surface area contributed by atoms with Crippen molar-refractivity contribution in [2.75, 3.05) is 13.1 Å². The van der Waals surface area contributed by atoms with Crippen molar-refractivity contribution in [1.29, 1.82) is 0 Å². The summed E-state index contributed by atoms with van der Waals surface area (Å²) in [6.45, 7) is 4.28. The van der Waals surface area contributed by atoms with Gasteiger partial charge in [-0.25, -0.2) is 0 Å². The van der Waals surface area contributed by atoms with Gasteiger partial charge in [0.25, 0.3) is 0 Å². The highest BCUT2D eigenvalue weighted by atomic mass is 16.5. The minimum absolute atomic E-state index is 0.146. The van der Waals surface area contributed by atoms with Gasteiger partial charge in [0.05, 0.1) is 6.04 Å². The summed E-state index contributed by atoms with van der Waals surface area (Å²) in [6.07, 6.45) is 6.04. The first-order valence-corrected chi connectivity index (χ1v) is 8.81. The molecule has 1 aliphatic rings. The minimum atomic E-state index is 0.146. The molecule has 1 saturated heterocycles. The zero-order valence-corrected chi connectivity index (χ0v) is 14.4. The third-order valence-electron chi connectivity index (χ3n) is 4.97. The Morgan fingerprint density at radius 3 is 2.76 bits per heavy atom. The van der Waals surface area contributed by atoms with E-state index in [1.165, 1.54) is 12.0 Å². The normalized spacial score (nSPS) is 19.2. The summed E-state index contributed by atoms with van der Waals surface area (Å²) in [7, 11) is 0. The molecule has 4 rings (SSSR count). The third-order valence-corrected chi connectivity index (χ3v) is 4.97. The van der Waals surface area contributed by atoms with E-state index in [2.05, 4.69) is 39.1 Å². The van der Waals surface area contributed by atoms with Gasteiger partial charge in [0, 0.05) is 24.5 Å². The van der Waals surface area contributed by atoms with Crippen LogP contribution in [-0.2, 0) is 6.42 Å². The first-order chi connectivity index (χ1) is 12.3. The van der Waals surface area contributed by atoms with Crippen LogP contribution in [0.15, 0.2) is 59.4 Å². The molecule has 2 atom stereocenters. The number of aromatic nitrogens is 3. The Hall–Kier alpha value is -2.53. The van der Waals surface area contributed by atoms with Crippen molar-refractivity contribution in [1.82, 2.24) is 20.0 Å². The SMILES string of the molecule is C[C@H](c1nc(-c2ccccc2)no1)N1CC[C@H](Cc2ccncc2)C1. The van der Waals surface area contributed by atoms with E-state index in [1.807, 2.05) is 42.7 Å². The summed E-state index contributed by atoms with van der Waals surface area (Å²) in [5.41, 5.74) is 2.35. The second-order valence-corrected chi connectivity index (χ2v) is 6.71. The summed E-state index contributed by atoms with van der Waals surface area (Å²) in [5, 5.41) is 4.15. The molecule has 0 radical (unpaired) electrons. The molecule has 2 aromatic heterocycles. The van der Waals surface area contributed by atoms with E-state index in [-0.39, 0.29) is 6.04 Å². The van der Waals surface area contributed by atoms with Gasteiger partial charge < -0.3 is 4.52 Å². The molecule has 0 saturated carbocycles. The van der Waals surface area contributed by atoms with Crippen molar-refractivity contribution in [2.24, 2.45) is 5.92 Å². The van der Waals surface area contributed by atoms with Crippen molar-refractivity contribution >= 4 is 0 Å². The van der Waals surface area contributed by atoms with Crippen molar-refractivity contribution in [3.05, 3.63) is 66.3 Å². The molecule has 1 fully saturated rings. The number of likely N-dealkylation sites (tertiary alicyclic amines) is 1. The van der Waals surface area contributed by atoms with Crippen LogP contribution in [0.25, 0.3) is 11.4 Å². The van der Waals surface area contributed by atoms with Gasteiger partial charge >= 0.3 is 0 Å². The van der Waals surface area contributed by atoms with Crippen LogP contribution in [0.2, 0.25) is 0 Å². The largest absolute Gasteiger partial charge is 0.337 e. The fourth-order valence-electron chi connectivity index (χ4n) is 3.50. The van der Waals surface area contributed by atoms with Gasteiger partial charge in [0.2, 0.25) is 11.7 Å². The summed E-state index contributed by atoms with van der Waals surface area (Å²) in [6, 6.07) is 14.3. The summed E-state index contributed by atoms with van der Waals surface area (Å²) in [4.78, 5) is 11.1. The highest BCUT2D eigenvalue weighted by molar-refractivity contribution is 5.53. The van der Waals surface area contributed by atoms with Crippen molar-refractivity contribution in [3.8, 4) is 11.4 Å². The van der Waals surface area contributed by atoms with Crippen LogP contribution in [0, 0.1) is 5.92 Å². The van der Waals surface area contributed by atoms with Crippen LogP contribution >= 0.6 is 0 Å². The highest BCUT2D eigenvalue weighted by Gasteiger charge is 2.29. The second-order valence-electron chi connectivity index (χ2n) is 6.71. The van der Waals surface area contributed by atoms with Gasteiger partial charge in [-0.1, -0.05) is 35.5 Å². The van der Waals surface area contributed by atoms with Gasteiger partial charge in [-0.15, -0.1) is 0 Å². The van der Waals surface area contributed by atoms with Gasteiger partial charge in [0.1, 0.15) is 0 Å². The van der Waals surface area contributed by atoms with Crippen LogP contribution in [0.1, 0.15) is 30.8 Å². The molecule has 5 heteroatoms. The number of hydrogen-bond donors (Lipinski definition) is 0. The Morgan fingerprint density at radius 2 is 1.96 bits per heavy atom. The lowest BCUT2D eigenvalue weighted by molar-refractivity contribution is 0.203. The molecule has 3 aromatic rings. The molecule has 5 nitrogen and oxygen atoms in total. The number of nitrogens with zero attached hydrogens (tertiary/aromatic N) is 4. The molecule has 3 heterocycles. The average Bonchev–Trinajstić information content (AvgIpc) is 3.33. The van der Waals surface area contributed by atoms with E-state index in [0.717, 1.165) is 25.1 Å². The predicted octanol–water partition coefficient (Wildman–Crippen LogP) is 3.76. The third kappa shape index (κ3) is 3.61. The number of rotatable bonds is 5. The Morgan fingerprint density at radius 1 is 1.16 bits per heavy atom. The lowest BCUT2D eigenvalue weighted by Gasteiger charge is -2.21. The lowest BCUT2D eigenvalue weighted by atomic mass is 10.00. The fraction of sp³-hybridized carbons (Fsp3) is 0.350. The Kier molecular flexibility index (Phi) is 4.57. The van der Waals surface area contributed by atoms with Crippen LogP contribution in [-0.4, -0.2) is 33.1 Å². The molecule has 0 bridgehead atoms. The molecule has 0 aliphatic carbocycles. The predicted molar refractivity (Wildman–Crippen MR) is 95.8 cm³/mol. The molecule has 0 unspecified atom stereocenters. The van der Waals surface area contributed by atoms with Crippen molar-refractivity contribution in [2.45, 2.75) is 25.8 Å². The van der Waals surface area contributed by atoms with E-state index in [0.29, 0.717) is 17.6 Å². The smallest absolute Gasteiger partial charge is 0.244 e. The molecular formula is C20H22N4O. The highest BCUT2D eigenvalue weighted by Crippen LogP contribution is 2.29. The first kappa shape index (κ1) is 16.0. The number of pyridine rings is 1. The molecule has 0 N–H and O–H groups in total. The van der Waals surface area contributed by atoms with Gasteiger partial charge in [-0.05, 0) is 49.9 Å². The van der Waals surface area contributed by atoms with E-state index in [1.54, 1.807) is 0 Å². The average molecular weight is 334 g/mol. The molecule has 25 heavy (non-hydrogen) atoms. The summed E-state index contributed by atoms with van der Waals surface area (Å²) in [5.74, 6) is 2.03. The lowest BCUT2D eigenvalue weighted by Crippen LogP contribution is -2.25. The summed E-state index contributed by atoms with van der Waals surface area (Å²) < 4.78 is 5.54. The topological polar surface area (TPSA) is 55.1 Å². The minimum Gasteiger partial charge on any atom is -0.337 e. The molecule has 0 amide bonds. The fourth-order valence-corrected chi connectivity index (χ4v) is 3.50. The first-order valence-electron chi connectivity index (χ1n) is 8.81. The Balaban J connectivity index is 1.40. The van der Waals surface area contributed by atoms with Gasteiger partial charge in [0.15, 0.2) is 0 Å². The van der Waals surface area contributed by atoms with E-state index >= 15 is 0 Å². The number of benzene rings is 1. The van der Waals surface area contributed by atoms with E-state index in [4.69, 9.17) is 4.52 Å². The summed E-state index contributed by atoms with van der Waals surface area (Å²) >= 11 is 0. The Labute approximate surface area is 147 Å². The van der Waals surface area contributed by atoms with Crippen LogP contribution in [0.5, 0.6) is 0 Å². The van der Waals surface area contributed by atoms with E-state index in [9.17, 15) is 0 Å². The van der Waals surface area contributed by atoms with Crippen LogP contribution in [0.4, 0.5) is 0 Å². The van der Waals surface area contributed by atoms with Crippen molar-refractivity contribution in [3.63, 3.8) is 0 Å². The standard InChI is InChI=1S/C20H22N4O/c1-15(20-22-19(23-25-20)18-5-3-2-4-6-18)24-12-9-17(14-24)13-16-7-10-21-11-8-16/h2-8,10-11,15,17H,9,12-14H2,1H3/t15-,17-/m1/s1. The molecule has 1 aromatic carbocycles. The monoisotopic (exact) mass is 334 g/mol. The maximum atomic E-state index is 5.54. The molecule has 0 spiro atoms.